The van der Waals surface area contributed by atoms with E-state index < -0.39 is 0 Å². The second kappa shape index (κ2) is 6.54. The van der Waals surface area contributed by atoms with Crippen molar-refractivity contribution >= 4 is 0 Å². The fraction of sp³-hybridized carbons (Fsp3) is 0.167. The second-order valence-corrected chi connectivity index (χ2v) is 5.86. The molecule has 0 amide bonds. The van der Waals surface area contributed by atoms with Crippen LogP contribution in [-0.4, -0.2) is 28.7 Å². The summed E-state index contributed by atoms with van der Waals surface area (Å²) in [7, 11) is 0. The maximum Gasteiger partial charge on any atom is 0.0949 e. The predicted octanol–water partition coefficient (Wildman–Crippen LogP) is 2.42. The molecule has 0 atom stereocenters. The fourth-order valence-corrected chi connectivity index (χ4v) is 2.89. The molecule has 0 saturated heterocycles. The molecule has 4 rings (SSSR count). The topological polar surface area (TPSA) is 53.5 Å². The van der Waals surface area contributed by atoms with Gasteiger partial charge in [0, 0.05) is 56.8 Å². The minimum atomic E-state index is 0.814. The maximum atomic E-state index is 4.12. The Labute approximate surface area is 140 Å². The summed E-state index contributed by atoms with van der Waals surface area (Å²) in [6.45, 7) is 2.44. The van der Waals surface area contributed by atoms with Crippen LogP contribution in [0.5, 0.6) is 0 Å². The molecular formula is C18H18N6. The molecule has 0 N–H and O–H groups in total. The van der Waals surface area contributed by atoms with Crippen molar-refractivity contribution in [1.82, 2.24) is 28.7 Å². The zero-order chi connectivity index (χ0) is 16.2. The Morgan fingerprint density at radius 3 is 1.12 bits per heavy atom. The molecule has 24 heavy (non-hydrogen) atoms. The molecule has 0 fully saturated rings. The van der Waals surface area contributed by atoms with Crippen LogP contribution in [0.1, 0.15) is 16.7 Å². The average molecular weight is 318 g/mol. The molecule has 120 valence electrons. The van der Waals surface area contributed by atoms with Crippen molar-refractivity contribution in [1.29, 1.82) is 0 Å². The first-order valence-corrected chi connectivity index (χ1v) is 7.84. The van der Waals surface area contributed by atoms with Gasteiger partial charge in [-0.25, -0.2) is 15.0 Å². The van der Waals surface area contributed by atoms with Crippen molar-refractivity contribution in [2.45, 2.75) is 19.6 Å². The van der Waals surface area contributed by atoms with Crippen molar-refractivity contribution in [2.75, 3.05) is 0 Å². The molecule has 0 aliphatic heterocycles. The van der Waals surface area contributed by atoms with Gasteiger partial charge < -0.3 is 13.7 Å². The highest BCUT2D eigenvalue weighted by atomic mass is 15.0. The molecule has 1 aromatic carbocycles. The molecule has 3 aromatic heterocycles. The standard InChI is InChI=1S/C18H18N6/c1-4-22(13-19-1)10-16-7-17(11-23-5-2-20-14-23)9-18(8-16)12-24-6-3-21-15-24/h1-9,13-15H,10-12H2. The Kier molecular flexibility index (Phi) is 3.93. The van der Waals surface area contributed by atoms with Gasteiger partial charge in [0.15, 0.2) is 0 Å². The largest absolute Gasteiger partial charge is 0.333 e. The van der Waals surface area contributed by atoms with E-state index >= 15 is 0 Å². The molecule has 3 heterocycles. The second-order valence-electron chi connectivity index (χ2n) is 5.86. The van der Waals surface area contributed by atoms with Crippen LogP contribution >= 0.6 is 0 Å². The lowest BCUT2D eigenvalue weighted by Crippen LogP contribution is -2.04. The number of nitrogens with zero attached hydrogens (tertiary/aromatic N) is 6. The highest BCUT2D eigenvalue weighted by Crippen LogP contribution is 2.15. The lowest BCUT2D eigenvalue weighted by atomic mass is 10.0. The van der Waals surface area contributed by atoms with E-state index in [9.17, 15) is 0 Å². The van der Waals surface area contributed by atoms with Gasteiger partial charge in [0.2, 0.25) is 0 Å². The normalized spacial score (nSPS) is 11.0. The lowest BCUT2D eigenvalue weighted by Gasteiger charge is -2.12. The van der Waals surface area contributed by atoms with Gasteiger partial charge in [0.25, 0.3) is 0 Å². The summed E-state index contributed by atoms with van der Waals surface area (Å²) < 4.78 is 6.24. The molecule has 0 radical (unpaired) electrons. The Morgan fingerprint density at radius 1 is 0.542 bits per heavy atom. The summed E-state index contributed by atoms with van der Waals surface area (Å²) in [5, 5.41) is 0. The third-order valence-electron chi connectivity index (χ3n) is 3.89. The third kappa shape index (κ3) is 3.43. The van der Waals surface area contributed by atoms with Crippen LogP contribution in [-0.2, 0) is 19.6 Å². The Hall–Kier alpha value is -3.15. The molecule has 0 saturated carbocycles. The molecule has 0 unspecified atom stereocenters. The van der Waals surface area contributed by atoms with Gasteiger partial charge in [-0.15, -0.1) is 0 Å². The number of imidazole rings is 3. The SMILES string of the molecule is c1cn(Cc2cc(Cn3ccnc3)cc(Cn3ccnc3)c2)cn1. The zero-order valence-corrected chi connectivity index (χ0v) is 13.2. The number of hydrogen-bond acceptors (Lipinski definition) is 3. The van der Waals surface area contributed by atoms with Crippen LogP contribution < -0.4 is 0 Å². The molecule has 0 aliphatic rings. The van der Waals surface area contributed by atoms with Crippen molar-refractivity contribution in [2.24, 2.45) is 0 Å². The molecule has 0 aliphatic carbocycles. The van der Waals surface area contributed by atoms with E-state index in [0.717, 1.165) is 19.6 Å². The average Bonchev–Trinajstić information content (AvgIpc) is 3.30. The number of aromatic nitrogens is 6. The molecule has 0 spiro atoms. The quantitative estimate of drug-likeness (QED) is 0.548. The van der Waals surface area contributed by atoms with E-state index in [1.807, 2.05) is 56.2 Å². The van der Waals surface area contributed by atoms with Crippen LogP contribution in [0.3, 0.4) is 0 Å². The number of benzene rings is 1. The number of hydrogen-bond donors (Lipinski definition) is 0. The van der Waals surface area contributed by atoms with Crippen molar-refractivity contribution in [3.05, 3.63) is 91.1 Å². The van der Waals surface area contributed by atoms with Crippen LogP contribution in [0.15, 0.2) is 74.4 Å². The highest BCUT2D eigenvalue weighted by Gasteiger charge is 2.04. The first kappa shape index (κ1) is 14.4. The summed E-state index contributed by atoms with van der Waals surface area (Å²) in [6.07, 6.45) is 16.9. The van der Waals surface area contributed by atoms with Crippen molar-refractivity contribution in [3.63, 3.8) is 0 Å². The van der Waals surface area contributed by atoms with E-state index in [-0.39, 0.29) is 0 Å². The monoisotopic (exact) mass is 318 g/mol. The molecular weight excluding hydrogens is 300 g/mol. The third-order valence-corrected chi connectivity index (χ3v) is 3.89. The summed E-state index contributed by atoms with van der Waals surface area (Å²) >= 11 is 0. The molecule has 0 bridgehead atoms. The summed E-state index contributed by atoms with van der Waals surface area (Å²) in [5.74, 6) is 0. The van der Waals surface area contributed by atoms with E-state index in [2.05, 4.69) is 46.9 Å². The highest BCUT2D eigenvalue weighted by molar-refractivity contribution is 5.31. The van der Waals surface area contributed by atoms with Crippen LogP contribution in [0.2, 0.25) is 0 Å². The Bertz CT molecular complexity index is 744. The van der Waals surface area contributed by atoms with Gasteiger partial charge >= 0.3 is 0 Å². The fourth-order valence-electron chi connectivity index (χ4n) is 2.89. The number of rotatable bonds is 6. The molecule has 4 aromatic rings. The molecule has 6 heteroatoms. The van der Waals surface area contributed by atoms with Gasteiger partial charge in [-0.2, -0.15) is 0 Å². The summed E-state index contributed by atoms with van der Waals surface area (Å²) in [6, 6.07) is 6.74. The van der Waals surface area contributed by atoms with Gasteiger partial charge in [-0.1, -0.05) is 18.2 Å². The van der Waals surface area contributed by atoms with Crippen molar-refractivity contribution < 1.29 is 0 Å². The van der Waals surface area contributed by atoms with E-state index in [4.69, 9.17) is 0 Å². The first-order chi connectivity index (χ1) is 11.8. The Balaban J connectivity index is 1.63. The van der Waals surface area contributed by atoms with Gasteiger partial charge in [0.1, 0.15) is 0 Å². The van der Waals surface area contributed by atoms with E-state index in [1.54, 1.807) is 0 Å². The van der Waals surface area contributed by atoms with E-state index in [1.165, 1.54) is 16.7 Å². The predicted molar refractivity (Wildman–Crippen MR) is 90.4 cm³/mol. The maximum absolute atomic E-state index is 4.12. The lowest BCUT2D eigenvalue weighted by molar-refractivity contribution is 0.759. The minimum absolute atomic E-state index is 0.814. The van der Waals surface area contributed by atoms with Crippen molar-refractivity contribution in [3.8, 4) is 0 Å². The van der Waals surface area contributed by atoms with E-state index in [0.29, 0.717) is 0 Å². The smallest absolute Gasteiger partial charge is 0.0949 e. The minimum Gasteiger partial charge on any atom is -0.333 e. The zero-order valence-electron chi connectivity index (χ0n) is 13.2. The summed E-state index contributed by atoms with van der Waals surface area (Å²) in [5.41, 5.74) is 3.79. The van der Waals surface area contributed by atoms with Crippen LogP contribution in [0.25, 0.3) is 0 Å². The van der Waals surface area contributed by atoms with Gasteiger partial charge in [0.05, 0.1) is 19.0 Å². The van der Waals surface area contributed by atoms with Crippen LogP contribution in [0.4, 0.5) is 0 Å². The first-order valence-electron chi connectivity index (χ1n) is 7.84. The Morgan fingerprint density at radius 2 is 0.875 bits per heavy atom. The van der Waals surface area contributed by atoms with Gasteiger partial charge in [-0.05, 0) is 16.7 Å². The van der Waals surface area contributed by atoms with Gasteiger partial charge in [-0.3, -0.25) is 0 Å². The molecule has 6 nitrogen and oxygen atoms in total. The summed E-state index contributed by atoms with van der Waals surface area (Å²) in [4.78, 5) is 12.4. The van der Waals surface area contributed by atoms with Crippen LogP contribution in [0, 0.1) is 0 Å².